The van der Waals surface area contributed by atoms with Crippen molar-refractivity contribution in [3.63, 3.8) is 0 Å². The largest absolute Gasteiger partial charge is 0.487 e. The molecule has 2 aromatic rings. The van der Waals surface area contributed by atoms with Gasteiger partial charge in [-0.05, 0) is 25.5 Å². The average Bonchev–Trinajstić information content (AvgIpc) is 2.93. The molecule has 0 saturated carbocycles. The van der Waals surface area contributed by atoms with E-state index in [2.05, 4.69) is 18.9 Å². The van der Waals surface area contributed by atoms with E-state index >= 15 is 0 Å². The summed E-state index contributed by atoms with van der Waals surface area (Å²) in [6.45, 7) is 4.68. The molecule has 0 aliphatic heterocycles. The van der Waals surface area contributed by atoms with Crippen molar-refractivity contribution < 1.29 is 9.84 Å². The quantitative estimate of drug-likeness (QED) is 0.868. The normalized spacial score (nSPS) is 12.4. The Kier molecular flexibility index (Phi) is 4.58. The standard InChI is InChI=1S/C15H20N2O2/c1-3-12(2)17-9-8-14(16-17)11-19-15-7-5-4-6-13(15)10-18/h4-9,12,18H,3,10-11H2,1-2H3. The number of aliphatic hydroxyl groups is 1. The number of para-hydroxylation sites is 1. The van der Waals surface area contributed by atoms with Gasteiger partial charge in [-0.3, -0.25) is 4.68 Å². The van der Waals surface area contributed by atoms with Crippen LogP contribution in [0.4, 0.5) is 0 Å². The van der Waals surface area contributed by atoms with Gasteiger partial charge >= 0.3 is 0 Å². The average molecular weight is 260 g/mol. The molecule has 0 radical (unpaired) electrons. The zero-order chi connectivity index (χ0) is 13.7. The minimum absolute atomic E-state index is 0.0164. The molecule has 1 aromatic carbocycles. The van der Waals surface area contributed by atoms with Crippen LogP contribution >= 0.6 is 0 Å². The zero-order valence-electron chi connectivity index (χ0n) is 11.4. The lowest BCUT2D eigenvalue weighted by Gasteiger charge is -2.09. The molecule has 0 fully saturated rings. The van der Waals surface area contributed by atoms with E-state index in [4.69, 9.17) is 4.74 Å². The second-order valence-electron chi connectivity index (χ2n) is 4.60. The van der Waals surface area contributed by atoms with Crippen LogP contribution in [0, 0.1) is 0 Å². The van der Waals surface area contributed by atoms with Gasteiger partial charge in [0, 0.05) is 17.8 Å². The molecule has 19 heavy (non-hydrogen) atoms. The molecule has 102 valence electrons. The number of hydrogen-bond donors (Lipinski definition) is 1. The number of nitrogens with zero attached hydrogens (tertiary/aromatic N) is 2. The van der Waals surface area contributed by atoms with Crippen LogP contribution in [0.25, 0.3) is 0 Å². The fraction of sp³-hybridized carbons (Fsp3) is 0.400. The molecule has 1 aromatic heterocycles. The van der Waals surface area contributed by atoms with Crippen molar-refractivity contribution >= 4 is 0 Å². The van der Waals surface area contributed by atoms with Gasteiger partial charge in [-0.1, -0.05) is 25.1 Å². The SMILES string of the molecule is CCC(C)n1ccc(COc2ccccc2CO)n1. The Morgan fingerprint density at radius 1 is 1.32 bits per heavy atom. The Morgan fingerprint density at radius 3 is 2.84 bits per heavy atom. The maximum Gasteiger partial charge on any atom is 0.132 e. The lowest BCUT2D eigenvalue weighted by atomic mass is 10.2. The summed E-state index contributed by atoms with van der Waals surface area (Å²) in [5.41, 5.74) is 1.69. The molecular weight excluding hydrogens is 240 g/mol. The van der Waals surface area contributed by atoms with Gasteiger partial charge in [0.1, 0.15) is 12.4 Å². The molecule has 0 bridgehead atoms. The summed E-state index contributed by atoms with van der Waals surface area (Å²) in [4.78, 5) is 0. The first-order valence-electron chi connectivity index (χ1n) is 6.60. The van der Waals surface area contributed by atoms with Crippen LogP contribution < -0.4 is 4.74 Å². The van der Waals surface area contributed by atoms with Crippen molar-refractivity contribution in [1.29, 1.82) is 0 Å². The van der Waals surface area contributed by atoms with Crippen LogP contribution in [0.5, 0.6) is 5.75 Å². The van der Waals surface area contributed by atoms with E-state index in [1.807, 2.05) is 41.2 Å². The third kappa shape index (κ3) is 3.35. The molecule has 0 saturated heterocycles. The Balaban J connectivity index is 2.00. The van der Waals surface area contributed by atoms with Gasteiger partial charge in [-0.25, -0.2) is 0 Å². The maximum absolute atomic E-state index is 9.22. The molecule has 1 heterocycles. The van der Waals surface area contributed by atoms with Gasteiger partial charge in [0.15, 0.2) is 0 Å². The van der Waals surface area contributed by atoms with E-state index in [1.54, 1.807) is 0 Å². The lowest BCUT2D eigenvalue weighted by Crippen LogP contribution is -2.06. The smallest absolute Gasteiger partial charge is 0.132 e. The molecule has 1 unspecified atom stereocenters. The highest BCUT2D eigenvalue weighted by molar-refractivity contribution is 5.32. The fourth-order valence-corrected chi connectivity index (χ4v) is 1.81. The number of benzene rings is 1. The van der Waals surface area contributed by atoms with Crippen LogP contribution in [0.1, 0.15) is 37.6 Å². The summed E-state index contributed by atoms with van der Waals surface area (Å²) in [6, 6.07) is 9.86. The van der Waals surface area contributed by atoms with Crippen molar-refractivity contribution in [2.75, 3.05) is 0 Å². The fourth-order valence-electron chi connectivity index (χ4n) is 1.81. The zero-order valence-corrected chi connectivity index (χ0v) is 11.4. The Labute approximate surface area is 113 Å². The van der Waals surface area contributed by atoms with Gasteiger partial charge in [0.2, 0.25) is 0 Å². The van der Waals surface area contributed by atoms with E-state index in [1.165, 1.54) is 0 Å². The molecular formula is C15H20N2O2. The predicted octanol–water partition coefficient (Wildman–Crippen LogP) is 2.93. The van der Waals surface area contributed by atoms with Crippen LogP contribution in [-0.4, -0.2) is 14.9 Å². The highest BCUT2D eigenvalue weighted by Gasteiger charge is 2.06. The number of rotatable bonds is 6. The Bertz CT molecular complexity index is 522. The number of aliphatic hydroxyl groups excluding tert-OH is 1. The monoisotopic (exact) mass is 260 g/mol. The molecule has 4 heteroatoms. The Hall–Kier alpha value is -1.81. The topological polar surface area (TPSA) is 47.3 Å². The van der Waals surface area contributed by atoms with Crippen LogP contribution in [0.3, 0.4) is 0 Å². The van der Waals surface area contributed by atoms with Gasteiger partial charge in [-0.15, -0.1) is 0 Å². The van der Waals surface area contributed by atoms with E-state index in [-0.39, 0.29) is 6.61 Å². The van der Waals surface area contributed by atoms with Crippen molar-refractivity contribution in [3.8, 4) is 5.75 Å². The summed E-state index contributed by atoms with van der Waals surface area (Å²) in [6.07, 6.45) is 3.03. The molecule has 0 aliphatic carbocycles. The molecule has 4 nitrogen and oxygen atoms in total. The molecule has 0 aliphatic rings. The number of hydrogen-bond acceptors (Lipinski definition) is 3. The molecule has 1 N–H and O–H groups in total. The van der Waals surface area contributed by atoms with Crippen molar-refractivity contribution in [1.82, 2.24) is 9.78 Å². The highest BCUT2D eigenvalue weighted by atomic mass is 16.5. The Morgan fingerprint density at radius 2 is 2.11 bits per heavy atom. The van der Waals surface area contributed by atoms with E-state index < -0.39 is 0 Å². The van der Waals surface area contributed by atoms with Gasteiger partial charge < -0.3 is 9.84 Å². The molecule has 2 rings (SSSR count). The third-order valence-corrected chi connectivity index (χ3v) is 3.22. The highest BCUT2D eigenvalue weighted by Crippen LogP contribution is 2.19. The number of ether oxygens (including phenoxy) is 1. The first-order chi connectivity index (χ1) is 9.24. The van der Waals surface area contributed by atoms with Crippen LogP contribution in [0.2, 0.25) is 0 Å². The first kappa shape index (κ1) is 13.6. The van der Waals surface area contributed by atoms with Gasteiger partial charge in [0.25, 0.3) is 0 Å². The minimum atomic E-state index is -0.0164. The van der Waals surface area contributed by atoms with Gasteiger partial charge in [-0.2, -0.15) is 5.10 Å². The van der Waals surface area contributed by atoms with Crippen molar-refractivity contribution in [2.24, 2.45) is 0 Å². The van der Waals surface area contributed by atoms with E-state index in [0.717, 1.165) is 17.7 Å². The lowest BCUT2D eigenvalue weighted by molar-refractivity contribution is 0.256. The maximum atomic E-state index is 9.22. The summed E-state index contributed by atoms with van der Waals surface area (Å²) in [7, 11) is 0. The van der Waals surface area contributed by atoms with Crippen molar-refractivity contribution in [3.05, 3.63) is 47.8 Å². The predicted molar refractivity (Wildman–Crippen MR) is 73.9 cm³/mol. The molecule has 0 amide bonds. The summed E-state index contributed by atoms with van der Waals surface area (Å²) in [5.74, 6) is 0.711. The van der Waals surface area contributed by atoms with E-state index in [9.17, 15) is 5.11 Å². The second kappa shape index (κ2) is 6.38. The molecule has 0 spiro atoms. The summed E-state index contributed by atoms with van der Waals surface area (Å²) in [5, 5.41) is 13.7. The minimum Gasteiger partial charge on any atom is -0.487 e. The summed E-state index contributed by atoms with van der Waals surface area (Å²) >= 11 is 0. The van der Waals surface area contributed by atoms with Gasteiger partial charge in [0.05, 0.1) is 12.3 Å². The molecule has 1 atom stereocenters. The second-order valence-corrected chi connectivity index (χ2v) is 4.60. The first-order valence-corrected chi connectivity index (χ1v) is 6.60. The van der Waals surface area contributed by atoms with Crippen LogP contribution in [0.15, 0.2) is 36.5 Å². The number of aromatic nitrogens is 2. The third-order valence-electron chi connectivity index (χ3n) is 3.22. The van der Waals surface area contributed by atoms with Crippen molar-refractivity contribution in [2.45, 2.75) is 39.5 Å². The van der Waals surface area contributed by atoms with Crippen LogP contribution in [-0.2, 0) is 13.2 Å². The van der Waals surface area contributed by atoms with E-state index in [0.29, 0.717) is 18.4 Å². The summed E-state index contributed by atoms with van der Waals surface area (Å²) < 4.78 is 7.66.